The highest BCUT2D eigenvalue weighted by Gasteiger charge is 2.11. The predicted molar refractivity (Wildman–Crippen MR) is 67.3 cm³/mol. The van der Waals surface area contributed by atoms with Gasteiger partial charge in [0.25, 0.3) is 0 Å². The summed E-state index contributed by atoms with van der Waals surface area (Å²) in [5.74, 6) is -1.15. The average molecular weight is 258 g/mol. The van der Waals surface area contributed by atoms with Crippen LogP contribution in [0.1, 0.15) is 0 Å². The highest BCUT2D eigenvalue weighted by molar-refractivity contribution is 5.76. The molecule has 0 radical (unpaired) electrons. The zero-order valence-electron chi connectivity index (χ0n) is 9.68. The van der Waals surface area contributed by atoms with Gasteiger partial charge in [-0.1, -0.05) is 0 Å². The van der Waals surface area contributed by atoms with Crippen molar-refractivity contribution in [1.29, 1.82) is 0 Å². The maximum absolute atomic E-state index is 14.0. The molecule has 0 spiro atoms. The summed E-state index contributed by atoms with van der Waals surface area (Å²) in [6, 6.07) is 9.38. The molecule has 2 heterocycles. The normalized spacial score (nSPS) is 10.8. The molecular formula is C14H8F2N2O. The van der Waals surface area contributed by atoms with Gasteiger partial charge in [-0.25, -0.2) is 9.37 Å². The number of nitrogens with zero attached hydrogens (tertiary/aromatic N) is 2. The van der Waals surface area contributed by atoms with Gasteiger partial charge in [0.15, 0.2) is 11.1 Å². The Labute approximate surface area is 106 Å². The first-order chi connectivity index (χ1) is 9.16. The summed E-state index contributed by atoms with van der Waals surface area (Å²) in [7, 11) is 0. The second kappa shape index (κ2) is 4.28. The summed E-state index contributed by atoms with van der Waals surface area (Å²) in [6.07, 6.45) is 1.47. The number of hydrogen-bond donors (Lipinski definition) is 0. The molecule has 5 heteroatoms. The highest BCUT2D eigenvalue weighted by atomic mass is 19.1. The Morgan fingerprint density at radius 3 is 2.53 bits per heavy atom. The smallest absolute Gasteiger partial charge is 0.203 e. The third-order valence-corrected chi connectivity index (χ3v) is 2.81. The molecule has 0 saturated carbocycles. The van der Waals surface area contributed by atoms with E-state index in [1.807, 2.05) is 0 Å². The van der Waals surface area contributed by atoms with Crippen LogP contribution in [-0.2, 0) is 0 Å². The fraction of sp³-hybridized carbons (Fsp3) is 0. The largest absolute Gasteiger partial charge is 0.289 e. The number of hydrogen-bond acceptors (Lipinski definition) is 2. The third-order valence-electron chi connectivity index (χ3n) is 2.81. The van der Waals surface area contributed by atoms with Crippen LogP contribution in [0.5, 0.6) is 0 Å². The number of rotatable bonds is 1. The standard InChI is InChI=1S/C14H8F2N2O/c15-9-3-5-10(6-4-9)18-13(16)8-12(19)11-2-1-7-17-14(11)18/h1-8H. The summed E-state index contributed by atoms with van der Waals surface area (Å²) in [6.45, 7) is 0. The minimum Gasteiger partial charge on any atom is -0.289 e. The third kappa shape index (κ3) is 1.89. The molecule has 3 aromatic rings. The minimum absolute atomic E-state index is 0.208. The van der Waals surface area contributed by atoms with E-state index in [0.29, 0.717) is 11.1 Å². The predicted octanol–water partition coefficient (Wildman–Crippen LogP) is 2.66. The summed E-state index contributed by atoms with van der Waals surface area (Å²) in [5, 5.41) is 0.313. The Hall–Kier alpha value is -2.56. The fourth-order valence-corrected chi connectivity index (χ4v) is 1.95. The van der Waals surface area contributed by atoms with Crippen molar-refractivity contribution in [3.63, 3.8) is 0 Å². The van der Waals surface area contributed by atoms with Gasteiger partial charge in [-0.2, -0.15) is 4.39 Å². The van der Waals surface area contributed by atoms with Crippen LogP contribution in [0.2, 0.25) is 0 Å². The van der Waals surface area contributed by atoms with E-state index in [1.54, 1.807) is 12.1 Å². The number of halogens is 2. The van der Waals surface area contributed by atoms with Gasteiger partial charge in [-0.3, -0.25) is 9.36 Å². The number of benzene rings is 1. The Bertz CT molecular complexity index is 810. The van der Waals surface area contributed by atoms with E-state index in [-0.39, 0.29) is 5.65 Å². The molecule has 19 heavy (non-hydrogen) atoms. The van der Waals surface area contributed by atoms with Crippen LogP contribution in [0.25, 0.3) is 16.7 Å². The Balaban J connectivity index is 2.40. The second-order valence-corrected chi connectivity index (χ2v) is 4.02. The van der Waals surface area contributed by atoms with Crippen LogP contribution in [-0.4, -0.2) is 9.55 Å². The van der Waals surface area contributed by atoms with E-state index in [9.17, 15) is 13.6 Å². The van der Waals surface area contributed by atoms with Gasteiger partial charge in [-0.05, 0) is 36.4 Å². The van der Waals surface area contributed by atoms with Crippen LogP contribution in [0.3, 0.4) is 0 Å². The van der Waals surface area contributed by atoms with Gasteiger partial charge in [0.05, 0.1) is 11.1 Å². The van der Waals surface area contributed by atoms with Crippen LogP contribution < -0.4 is 5.43 Å². The molecule has 2 aromatic heterocycles. The van der Waals surface area contributed by atoms with E-state index in [1.165, 1.54) is 35.0 Å². The highest BCUT2D eigenvalue weighted by Crippen LogP contribution is 2.16. The molecule has 0 saturated heterocycles. The number of aromatic nitrogens is 2. The topological polar surface area (TPSA) is 34.9 Å². The lowest BCUT2D eigenvalue weighted by Gasteiger charge is -2.11. The lowest BCUT2D eigenvalue weighted by atomic mass is 10.2. The lowest BCUT2D eigenvalue weighted by molar-refractivity contribution is 0.554. The first-order valence-corrected chi connectivity index (χ1v) is 5.59. The molecule has 0 fully saturated rings. The minimum atomic E-state index is -0.734. The quantitative estimate of drug-likeness (QED) is 0.629. The van der Waals surface area contributed by atoms with E-state index in [2.05, 4.69) is 4.98 Å². The molecule has 0 aliphatic rings. The fourth-order valence-electron chi connectivity index (χ4n) is 1.95. The van der Waals surface area contributed by atoms with Crippen molar-refractivity contribution in [2.24, 2.45) is 0 Å². The molecule has 0 aliphatic heterocycles. The summed E-state index contributed by atoms with van der Waals surface area (Å²) >= 11 is 0. The molecule has 0 aliphatic carbocycles. The van der Waals surface area contributed by atoms with Crippen LogP contribution in [0.4, 0.5) is 8.78 Å². The van der Waals surface area contributed by atoms with E-state index < -0.39 is 17.2 Å². The molecule has 3 nitrogen and oxygen atoms in total. The second-order valence-electron chi connectivity index (χ2n) is 4.02. The van der Waals surface area contributed by atoms with Crippen molar-refractivity contribution in [1.82, 2.24) is 9.55 Å². The maximum Gasteiger partial charge on any atom is 0.203 e. The first kappa shape index (κ1) is 11.5. The van der Waals surface area contributed by atoms with Crippen LogP contribution >= 0.6 is 0 Å². The van der Waals surface area contributed by atoms with Gasteiger partial charge < -0.3 is 0 Å². The van der Waals surface area contributed by atoms with Crippen molar-refractivity contribution in [3.05, 3.63) is 70.6 Å². The molecule has 0 amide bonds. The monoisotopic (exact) mass is 258 g/mol. The molecule has 0 atom stereocenters. The molecule has 0 unspecified atom stereocenters. The molecule has 0 N–H and O–H groups in total. The Morgan fingerprint density at radius 1 is 1.05 bits per heavy atom. The molecule has 94 valence electrons. The van der Waals surface area contributed by atoms with Crippen molar-refractivity contribution in [3.8, 4) is 5.69 Å². The van der Waals surface area contributed by atoms with E-state index in [4.69, 9.17) is 0 Å². The molecule has 3 rings (SSSR count). The van der Waals surface area contributed by atoms with Gasteiger partial charge in [-0.15, -0.1) is 0 Å². The van der Waals surface area contributed by atoms with Crippen LogP contribution in [0, 0.1) is 11.8 Å². The van der Waals surface area contributed by atoms with Gasteiger partial charge >= 0.3 is 0 Å². The zero-order chi connectivity index (χ0) is 13.4. The van der Waals surface area contributed by atoms with E-state index in [0.717, 1.165) is 6.07 Å². The van der Waals surface area contributed by atoms with Crippen molar-refractivity contribution < 1.29 is 8.78 Å². The zero-order valence-corrected chi connectivity index (χ0v) is 9.68. The van der Waals surface area contributed by atoms with Crippen molar-refractivity contribution in [2.75, 3.05) is 0 Å². The van der Waals surface area contributed by atoms with E-state index >= 15 is 0 Å². The van der Waals surface area contributed by atoms with Crippen molar-refractivity contribution in [2.45, 2.75) is 0 Å². The maximum atomic E-state index is 14.0. The summed E-state index contributed by atoms with van der Waals surface area (Å²) < 4.78 is 28.1. The number of fused-ring (bicyclic) bond motifs is 1. The SMILES string of the molecule is O=c1cc(F)n(-c2ccc(F)cc2)c2ncccc12. The Kier molecular flexibility index (Phi) is 2.59. The van der Waals surface area contributed by atoms with Crippen LogP contribution in [0.15, 0.2) is 53.5 Å². The molecule has 0 bridgehead atoms. The van der Waals surface area contributed by atoms with Gasteiger partial charge in [0.1, 0.15) is 5.82 Å². The van der Waals surface area contributed by atoms with Gasteiger partial charge in [0, 0.05) is 12.3 Å². The Morgan fingerprint density at radius 2 is 1.79 bits per heavy atom. The average Bonchev–Trinajstić information content (AvgIpc) is 2.41. The number of pyridine rings is 2. The summed E-state index contributed by atoms with van der Waals surface area (Å²) in [4.78, 5) is 15.7. The summed E-state index contributed by atoms with van der Waals surface area (Å²) in [5.41, 5.74) is 0.181. The van der Waals surface area contributed by atoms with Gasteiger partial charge in [0.2, 0.25) is 5.95 Å². The lowest BCUT2D eigenvalue weighted by Crippen LogP contribution is -2.12. The molecule has 1 aromatic carbocycles. The van der Waals surface area contributed by atoms with Crippen molar-refractivity contribution >= 4 is 11.0 Å². The molecular weight excluding hydrogens is 250 g/mol. The first-order valence-electron chi connectivity index (χ1n) is 5.59.